The third kappa shape index (κ3) is 4.86. The molecule has 0 unspecified atom stereocenters. The van der Waals surface area contributed by atoms with Gasteiger partial charge >= 0.3 is 0 Å². The average Bonchev–Trinajstić information content (AvgIpc) is 3.43. The van der Waals surface area contributed by atoms with Crippen molar-refractivity contribution in [2.75, 3.05) is 26.1 Å². The summed E-state index contributed by atoms with van der Waals surface area (Å²) in [5.74, 6) is 1.91. The van der Waals surface area contributed by atoms with Gasteiger partial charge in [0.25, 0.3) is 0 Å². The summed E-state index contributed by atoms with van der Waals surface area (Å²) in [7, 11) is 3.46. The van der Waals surface area contributed by atoms with Crippen molar-refractivity contribution in [3.63, 3.8) is 0 Å². The highest BCUT2D eigenvalue weighted by atomic mass is 35.5. The number of methoxy groups -OCH3 is 2. The lowest BCUT2D eigenvalue weighted by atomic mass is 10.0. The third-order valence-electron chi connectivity index (χ3n) is 6.70. The van der Waals surface area contributed by atoms with Crippen LogP contribution in [-0.2, 0) is 24.0 Å². The zero-order valence-corrected chi connectivity index (χ0v) is 21.6. The van der Waals surface area contributed by atoms with Crippen LogP contribution in [0.15, 0.2) is 48.5 Å². The molecule has 1 N–H and O–H groups in total. The topological polar surface area (TPSA) is 60.7 Å². The summed E-state index contributed by atoms with van der Waals surface area (Å²) < 4.78 is 13.0. The van der Waals surface area contributed by atoms with Crippen LogP contribution < -0.4 is 10.1 Å². The maximum absolute atomic E-state index is 5.60. The van der Waals surface area contributed by atoms with E-state index in [1.54, 1.807) is 14.2 Å². The zero-order chi connectivity index (χ0) is 23.7. The van der Waals surface area contributed by atoms with Crippen molar-refractivity contribution < 1.29 is 9.47 Å². The summed E-state index contributed by atoms with van der Waals surface area (Å²) in [5, 5.41) is 8.80. The van der Waals surface area contributed by atoms with Gasteiger partial charge in [-0.3, -0.25) is 0 Å². The molecule has 0 saturated heterocycles. The number of hydrogen-bond donors (Lipinski definition) is 1. The van der Waals surface area contributed by atoms with Crippen LogP contribution in [0.4, 0.5) is 5.82 Å². The van der Waals surface area contributed by atoms with Gasteiger partial charge in [-0.25, -0.2) is 4.98 Å². The Kier molecular flexibility index (Phi) is 7.63. The fourth-order valence-electron chi connectivity index (χ4n) is 5.09. The molecular weight excluding hydrogens is 460 g/mol. The number of aryl methyl sites for hydroxylation is 3. The number of fused-ring (bicyclic) bond motifs is 2. The first-order chi connectivity index (χ1) is 16.6. The highest BCUT2D eigenvalue weighted by molar-refractivity contribution is 5.85. The Balaban J connectivity index is 0.00000289. The number of nitrogens with one attached hydrogen (secondary N) is 1. The second kappa shape index (κ2) is 10.7. The van der Waals surface area contributed by atoms with Crippen molar-refractivity contribution in [3.8, 4) is 16.9 Å². The van der Waals surface area contributed by atoms with Crippen LogP contribution in [0.5, 0.6) is 5.75 Å². The lowest BCUT2D eigenvalue weighted by Gasteiger charge is -2.22. The van der Waals surface area contributed by atoms with Gasteiger partial charge in [0.05, 0.1) is 25.5 Å². The van der Waals surface area contributed by atoms with Crippen molar-refractivity contribution in [2.24, 2.45) is 0 Å². The number of nitrogens with zero attached hydrogens (tertiary/aromatic N) is 3. The Morgan fingerprint density at radius 3 is 2.57 bits per heavy atom. The van der Waals surface area contributed by atoms with E-state index in [9.17, 15) is 0 Å². The molecule has 0 spiro atoms. The van der Waals surface area contributed by atoms with Crippen LogP contribution in [0.3, 0.4) is 0 Å². The highest BCUT2D eigenvalue weighted by Gasteiger charge is 2.26. The molecular formula is C28H33ClN4O2. The van der Waals surface area contributed by atoms with Gasteiger partial charge in [0.1, 0.15) is 11.6 Å². The molecule has 5 rings (SSSR count). The predicted molar refractivity (Wildman–Crippen MR) is 143 cm³/mol. The Bertz CT molecular complexity index is 1320. The van der Waals surface area contributed by atoms with E-state index in [0.29, 0.717) is 6.61 Å². The minimum atomic E-state index is 0. The lowest BCUT2D eigenvalue weighted by Crippen LogP contribution is -2.29. The number of halogens is 1. The molecule has 0 saturated carbocycles. The van der Waals surface area contributed by atoms with Gasteiger partial charge < -0.3 is 14.8 Å². The Hall–Kier alpha value is -3.09. The van der Waals surface area contributed by atoms with Crippen molar-refractivity contribution in [1.82, 2.24) is 14.6 Å². The normalized spacial score (nSPS) is 13.4. The number of hydrogen-bond acceptors (Lipinski definition) is 5. The van der Waals surface area contributed by atoms with E-state index >= 15 is 0 Å². The number of anilines is 1. The highest BCUT2D eigenvalue weighted by Crippen LogP contribution is 2.36. The van der Waals surface area contributed by atoms with E-state index in [0.717, 1.165) is 65.3 Å². The average molecular weight is 493 g/mol. The molecule has 2 aromatic heterocycles. The monoisotopic (exact) mass is 492 g/mol. The third-order valence-corrected chi connectivity index (χ3v) is 6.70. The Labute approximate surface area is 213 Å². The summed E-state index contributed by atoms with van der Waals surface area (Å²) in [6.45, 7) is 4.79. The molecule has 0 bridgehead atoms. The van der Waals surface area contributed by atoms with Gasteiger partial charge in [-0.1, -0.05) is 36.4 Å². The lowest BCUT2D eigenvalue weighted by molar-refractivity contribution is 0.185. The maximum Gasteiger partial charge on any atom is 0.165 e. The van der Waals surface area contributed by atoms with Crippen molar-refractivity contribution >= 4 is 23.9 Å². The van der Waals surface area contributed by atoms with E-state index in [-0.39, 0.29) is 18.4 Å². The molecule has 2 heterocycles. The van der Waals surface area contributed by atoms with Crippen molar-refractivity contribution in [3.05, 3.63) is 76.6 Å². The summed E-state index contributed by atoms with van der Waals surface area (Å²) in [5.41, 5.74) is 9.00. The molecule has 0 aliphatic heterocycles. The molecule has 1 atom stereocenters. The number of aromatic nitrogens is 3. The Morgan fingerprint density at radius 2 is 1.86 bits per heavy atom. The smallest absolute Gasteiger partial charge is 0.165 e. The van der Waals surface area contributed by atoms with E-state index in [1.807, 2.05) is 10.6 Å². The summed E-state index contributed by atoms with van der Waals surface area (Å²) in [4.78, 5) is 5.13. The molecule has 7 heteroatoms. The number of ether oxygens (including phenoxy) is 2. The minimum Gasteiger partial charge on any atom is -0.497 e. The van der Waals surface area contributed by atoms with Crippen LogP contribution in [0.2, 0.25) is 0 Å². The molecule has 4 aromatic rings. The minimum absolute atomic E-state index is 0. The quantitative estimate of drug-likeness (QED) is 0.347. The summed E-state index contributed by atoms with van der Waals surface area (Å²) in [6, 6.07) is 16.9. The van der Waals surface area contributed by atoms with E-state index < -0.39 is 0 Å². The largest absolute Gasteiger partial charge is 0.497 e. The SMILES string of the molecule is COC[C@H](Cc1ccccc1)Nc1c2c(nc3c(-c4ccc(OC)cc4C)c(C)nn13)CCC2.Cl. The molecule has 1 aliphatic rings. The predicted octanol–water partition coefficient (Wildman–Crippen LogP) is 5.60. The van der Waals surface area contributed by atoms with E-state index in [2.05, 4.69) is 61.6 Å². The first kappa shape index (κ1) is 25.0. The Morgan fingerprint density at radius 1 is 1.06 bits per heavy atom. The molecule has 184 valence electrons. The van der Waals surface area contributed by atoms with Gasteiger partial charge in [0, 0.05) is 23.9 Å². The van der Waals surface area contributed by atoms with Crippen molar-refractivity contribution in [2.45, 2.75) is 45.6 Å². The fourth-order valence-corrected chi connectivity index (χ4v) is 5.09. The standard InChI is InChI=1S/C28H32N4O2.ClH/c1-18-15-22(34-4)13-14-23(18)26-19(2)31-32-27(24-11-8-12-25(24)30-28(26)32)29-21(17-33-3)16-20-9-6-5-7-10-20;/h5-7,9-10,13-15,21,29H,8,11-12,16-17H2,1-4H3;1H/t21-;/m0./s1. The van der Waals surface area contributed by atoms with E-state index in [1.165, 1.54) is 16.8 Å². The molecule has 1 aliphatic carbocycles. The molecule has 2 aromatic carbocycles. The van der Waals surface area contributed by atoms with Gasteiger partial charge in [0.2, 0.25) is 0 Å². The first-order valence-electron chi connectivity index (χ1n) is 11.9. The summed E-state index contributed by atoms with van der Waals surface area (Å²) in [6.07, 6.45) is 4.01. The zero-order valence-electron chi connectivity index (χ0n) is 20.8. The van der Waals surface area contributed by atoms with Crippen LogP contribution in [0.25, 0.3) is 16.8 Å². The maximum atomic E-state index is 5.60. The molecule has 0 amide bonds. The second-order valence-electron chi connectivity index (χ2n) is 9.10. The number of rotatable bonds is 8. The van der Waals surface area contributed by atoms with Crippen LogP contribution in [0, 0.1) is 13.8 Å². The fraction of sp³-hybridized carbons (Fsp3) is 0.357. The second-order valence-corrected chi connectivity index (χ2v) is 9.10. The van der Waals surface area contributed by atoms with Crippen LogP contribution >= 0.6 is 12.4 Å². The van der Waals surface area contributed by atoms with E-state index in [4.69, 9.17) is 19.6 Å². The van der Waals surface area contributed by atoms with Crippen LogP contribution in [-0.4, -0.2) is 41.5 Å². The van der Waals surface area contributed by atoms with Gasteiger partial charge in [-0.2, -0.15) is 9.61 Å². The molecule has 0 fully saturated rings. The molecule has 0 radical (unpaired) electrons. The van der Waals surface area contributed by atoms with Crippen molar-refractivity contribution in [1.29, 1.82) is 0 Å². The molecule has 35 heavy (non-hydrogen) atoms. The van der Waals surface area contributed by atoms with Gasteiger partial charge in [-0.15, -0.1) is 12.4 Å². The number of benzene rings is 2. The van der Waals surface area contributed by atoms with Gasteiger partial charge in [0.15, 0.2) is 5.65 Å². The first-order valence-corrected chi connectivity index (χ1v) is 11.9. The summed E-state index contributed by atoms with van der Waals surface area (Å²) >= 11 is 0. The molecule has 6 nitrogen and oxygen atoms in total. The van der Waals surface area contributed by atoms with Crippen LogP contribution in [0.1, 0.15) is 34.5 Å². The van der Waals surface area contributed by atoms with Gasteiger partial charge in [-0.05, 0) is 68.4 Å².